The first-order chi connectivity index (χ1) is 15.0. The lowest BCUT2D eigenvalue weighted by Gasteiger charge is -2.29. The first kappa shape index (κ1) is 23.9. The van der Waals surface area contributed by atoms with Crippen molar-refractivity contribution in [2.24, 2.45) is 11.1 Å². The van der Waals surface area contributed by atoms with Gasteiger partial charge in [-0.3, -0.25) is 9.59 Å². The van der Waals surface area contributed by atoms with Gasteiger partial charge in [0.2, 0.25) is 0 Å². The Morgan fingerprint density at radius 3 is 2.41 bits per heavy atom. The van der Waals surface area contributed by atoms with Gasteiger partial charge in [-0.25, -0.2) is 9.07 Å². The van der Waals surface area contributed by atoms with Crippen molar-refractivity contribution in [1.29, 1.82) is 0 Å². The number of carbonyl (C=O) groups is 2. The number of amides is 1. The number of benzene rings is 1. The zero-order chi connectivity index (χ0) is 23.6. The number of fused-ring (bicyclic) bond motifs is 1. The molecular weight excluding hydrogens is 411 g/mol. The molecule has 4 rings (SSSR count). The van der Waals surface area contributed by atoms with Crippen molar-refractivity contribution in [2.75, 3.05) is 5.73 Å². The van der Waals surface area contributed by atoms with Gasteiger partial charge >= 0.3 is 0 Å². The molecule has 0 radical (unpaired) electrons. The zero-order valence-electron chi connectivity index (χ0n) is 19.1. The predicted octanol–water partition coefficient (Wildman–Crippen LogP) is 3.72. The van der Waals surface area contributed by atoms with E-state index in [0.717, 1.165) is 18.5 Å². The molecule has 8 heteroatoms. The molecule has 0 atom stereocenters. The van der Waals surface area contributed by atoms with Crippen LogP contribution in [0.5, 0.6) is 0 Å². The summed E-state index contributed by atoms with van der Waals surface area (Å²) in [5, 5.41) is 13.4. The van der Waals surface area contributed by atoms with Crippen LogP contribution in [0.4, 0.5) is 10.1 Å². The number of carbonyl (C=O) groups excluding carboxylic acids is 2. The molecule has 1 aromatic heterocycles. The minimum absolute atomic E-state index is 0.0359. The first-order valence-corrected chi connectivity index (χ1v) is 11.2. The van der Waals surface area contributed by atoms with E-state index in [1.165, 1.54) is 31.4 Å². The minimum atomic E-state index is -0.922. The van der Waals surface area contributed by atoms with Crippen molar-refractivity contribution < 1.29 is 19.1 Å². The number of rotatable bonds is 3. The average molecular weight is 445 g/mol. The summed E-state index contributed by atoms with van der Waals surface area (Å²) < 4.78 is 15.9. The lowest BCUT2D eigenvalue weighted by atomic mass is 9.75. The summed E-state index contributed by atoms with van der Waals surface area (Å²) in [7, 11) is 0. The van der Waals surface area contributed by atoms with E-state index < -0.39 is 11.7 Å². The highest BCUT2D eigenvalue weighted by Gasteiger charge is 2.36. The van der Waals surface area contributed by atoms with Crippen LogP contribution in [0.2, 0.25) is 0 Å². The number of aryl methyl sites for hydroxylation is 1. The first-order valence-electron chi connectivity index (χ1n) is 11.2. The number of hydrogen-bond acceptors (Lipinski definition) is 5. The molecule has 0 spiro atoms. The van der Waals surface area contributed by atoms with Crippen LogP contribution < -0.4 is 11.5 Å². The monoisotopic (exact) mass is 444 g/mol. The molecular formula is C24H33FN4O3. The van der Waals surface area contributed by atoms with Crippen LogP contribution >= 0.6 is 0 Å². The number of hydrogen-bond donors (Lipinski definition) is 3. The van der Waals surface area contributed by atoms with Gasteiger partial charge in [-0.2, -0.15) is 5.10 Å². The zero-order valence-corrected chi connectivity index (χ0v) is 19.1. The molecule has 1 aromatic carbocycles. The maximum Gasteiger partial charge on any atom is 0.253 e. The minimum Gasteiger partial charge on any atom is -0.398 e. The van der Waals surface area contributed by atoms with E-state index in [2.05, 4.69) is 5.10 Å². The van der Waals surface area contributed by atoms with E-state index in [1.807, 2.05) is 20.8 Å². The normalized spacial score (nSPS) is 18.0. The van der Waals surface area contributed by atoms with Crippen LogP contribution in [0.15, 0.2) is 12.1 Å². The second-order valence-electron chi connectivity index (χ2n) is 9.52. The number of anilines is 1. The van der Waals surface area contributed by atoms with Gasteiger partial charge in [0.1, 0.15) is 5.82 Å². The summed E-state index contributed by atoms with van der Waals surface area (Å²) >= 11 is 0. The van der Waals surface area contributed by atoms with E-state index in [0.29, 0.717) is 36.2 Å². The van der Waals surface area contributed by atoms with Gasteiger partial charge in [-0.1, -0.05) is 40.0 Å². The molecule has 7 nitrogen and oxygen atoms in total. The lowest BCUT2D eigenvalue weighted by Crippen LogP contribution is -2.28. The molecule has 174 valence electrons. The molecule has 1 saturated carbocycles. The number of primary amides is 1. The summed E-state index contributed by atoms with van der Waals surface area (Å²) in [4.78, 5) is 23.9. The molecule has 0 saturated heterocycles. The highest BCUT2D eigenvalue weighted by atomic mass is 19.1. The Hall–Kier alpha value is -2.74. The largest absolute Gasteiger partial charge is 0.398 e. The molecule has 0 aliphatic heterocycles. The summed E-state index contributed by atoms with van der Waals surface area (Å²) in [6, 6.07) is 2.64. The van der Waals surface area contributed by atoms with E-state index in [-0.39, 0.29) is 28.6 Å². The van der Waals surface area contributed by atoms with Gasteiger partial charge in [0.15, 0.2) is 5.78 Å². The van der Waals surface area contributed by atoms with Crippen LogP contribution in [0.3, 0.4) is 0 Å². The van der Waals surface area contributed by atoms with Crippen molar-refractivity contribution >= 4 is 17.4 Å². The van der Waals surface area contributed by atoms with Crippen LogP contribution in [0, 0.1) is 11.2 Å². The third-order valence-electron chi connectivity index (χ3n) is 6.12. The topological polar surface area (TPSA) is 124 Å². The molecule has 2 aliphatic carbocycles. The third kappa shape index (κ3) is 5.01. The van der Waals surface area contributed by atoms with Gasteiger partial charge in [0.05, 0.1) is 34.3 Å². The second kappa shape index (κ2) is 9.40. The number of aromatic nitrogens is 2. The SMILES string of the molecule is CCc1nn(-c2cc(N)c(C(N)=O)c(F)c2)c2c1C(=O)CC(C)(C)C2.OC1CCCCC1. The van der Waals surface area contributed by atoms with E-state index >= 15 is 0 Å². The Morgan fingerprint density at radius 1 is 1.25 bits per heavy atom. The summed E-state index contributed by atoms with van der Waals surface area (Å²) in [5.41, 5.74) is 12.8. The number of Topliss-reactive ketones (excluding diaryl/α,β-unsaturated/α-hetero) is 1. The van der Waals surface area contributed by atoms with E-state index in [1.54, 1.807) is 4.68 Å². The van der Waals surface area contributed by atoms with Crippen LogP contribution in [-0.2, 0) is 12.8 Å². The maximum atomic E-state index is 14.3. The number of nitrogens with zero attached hydrogens (tertiary/aromatic N) is 2. The molecule has 0 bridgehead atoms. The molecule has 5 N–H and O–H groups in total. The molecule has 1 fully saturated rings. The smallest absolute Gasteiger partial charge is 0.253 e. The summed E-state index contributed by atoms with van der Waals surface area (Å²) in [5.74, 6) is -1.67. The summed E-state index contributed by atoms with van der Waals surface area (Å²) in [6.45, 7) is 5.95. The predicted molar refractivity (Wildman–Crippen MR) is 121 cm³/mol. The highest BCUT2D eigenvalue weighted by Crippen LogP contribution is 2.37. The van der Waals surface area contributed by atoms with Crippen molar-refractivity contribution in [1.82, 2.24) is 9.78 Å². The van der Waals surface area contributed by atoms with Gasteiger partial charge < -0.3 is 16.6 Å². The molecule has 2 aromatic rings. The summed E-state index contributed by atoms with van der Waals surface area (Å²) in [6.07, 6.45) is 7.61. The van der Waals surface area contributed by atoms with Gasteiger partial charge in [0.25, 0.3) is 5.91 Å². The molecule has 2 aliphatic rings. The lowest BCUT2D eigenvalue weighted by molar-refractivity contribution is 0.0909. The average Bonchev–Trinajstić information content (AvgIpc) is 3.06. The Balaban J connectivity index is 0.000000352. The van der Waals surface area contributed by atoms with Crippen molar-refractivity contribution in [3.63, 3.8) is 0 Å². The van der Waals surface area contributed by atoms with Crippen LogP contribution in [0.25, 0.3) is 5.69 Å². The molecule has 32 heavy (non-hydrogen) atoms. The van der Waals surface area contributed by atoms with Gasteiger partial charge in [0, 0.05) is 18.2 Å². The Bertz CT molecular complexity index is 999. The second-order valence-corrected chi connectivity index (χ2v) is 9.52. The number of halogens is 1. The van der Waals surface area contributed by atoms with Crippen LogP contribution in [-0.4, -0.2) is 32.7 Å². The molecule has 1 heterocycles. The fraction of sp³-hybridized carbons (Fsp3) is 0.542. The van der Waals surface area contributed by atoms with Crippen molar-refractivity contribution in [3.8, 4) is 5.69 Å². The molecule has 1 amide bonds. The third-order valence-corrected chi connectivity index (χ3v) is 6.12. The van der Waals surface area contributed by atoms with Gasteiger partial charge in [-0.15, -0.1) is 0 Å². The number of aliphatic hydroxyl groups is 1. The fourth-order valence-corrected chi connectivity index (χ4v) is 4.56. The van der Waals surface area contributed by atoms with Crippen molar-refractivity contribution in [3.05, 3.63) is 40.5 Å². The fourth-order valence-electron chi connectivity index (χ4n) is 4.56. The van der Waals surface area contributed by atoms with Crippen molar-refractivity contribution in [2.45, 2.75) is 78.2 Å². The number of aliphatic hydroxyl groups excluding tert-OH is 1. The van der Waals surface area contributed by atoms with Crippen LogP contribution in [0.1, 0.15) is 91.4 Å². The maximum absolute atomic E-state index is 14.3. The number of ketones is 1. The van der Waals surface area contributed by atoms with Gasteiger partial charge in [-0.05, 0) is 37.2 Å². The van der Waals surface area contributed by atoms with E-state index in [4.69, 9.17) is 16.6 Å². The number of nitrogen functional groups attached to an aromatic ring is 1. The van der Waals surface area contributed by atoms with E-state index in [9.17, 15) is 14.0 Å². The molecule has 0 unspecified atom stereocenters. The Labute approximate surface area is 188 Å². The Morgan fingerprint density at radius 2 is 1.91 bits per heavy atom. The standard InChI is InChI=1S/C18H21FN4O2.C6H12O/c1-4-12-16-13(7-18(2,3)8-14(16)24)23(22-12)9-5-10(19)15(17(21)25)11(20)6-9;7-6-4-2-1-3-5-6/h5-6H,4,7-8,20H2,1-3H3,(H2,21,25);6-7H,1-5H2. The quantitative estimate of drug-likeness (QED) is 0.622. The number of nitrogens with two attached hydrogens (primary N) is 2. The highest BCUT2D eigenvalue weighted by molar-refractivity contribution is 6.00. The Kier molecular flexibility index (Phi) is 7.03.